The first-order valence-corrected chi connectivity index (χ1v) is 5.37. The molecule has 1 rings (SSSR count). The molecule has 0 amide bonds. The van der Waals surface area contributed by atoms with E-state index in [4.69, 9.17) is 0 Å². The summed E-state index contributed by atoms with van der Waals surface area (Å²) >= 11 is 0. The Balaban J connectivity index is 2.81. The summed E-state index contributed by atoms with van der Waals surface area (Å²) in [6.45, 7) is 4.88. The number of nitrogens with one attached hydrogen (secondary N) is 1. The largest absolute Gasteiger partial charge is 0.310 e. The molecule has 3 heteroatoms. The summed E-state index contributed by atoms with van der Waals surface area (Å²) in [4.78, 5) is 0. The van der Waals surface area contributed by atoms with Gasteiger partial charge in [0.25, 0.3) is 0 Å². The van der Waals surface area contributed by atoms with Crippen LogP contribution in [-0.2, 0) is 0 Å². The molecule has 0 aliphatic carbocycles. The number of benzene rings is 1. The standard InChI is InChI=1S/C12H17F2N/c1-3-7-15-12(4-2)10-6-5-9(13)8-11(10)14/h5-6,8,12,15H,3-4,7H2,1-2H3. The molecule has 1 nitrogen and oxygen atoms in total. The Hall–Kier alpha value is -0.960. The van der Waals surface area contributed by atoms with Crippen molar-refractivity contribution in [3.05, 3.63) is 35.4 Å². The molecule has 0 bridgehead atoms. The van der Waals surface area contributed by atoms with Gasteiger partial charge in [0.1, 0.15) is 11.6 Å². The van der Waals surface area contributed by atoms with Gasteiger partial charge in [-0.15, -0.1) is 0 Å². The van der Waals surface area contributed by atoms with Crippen LogP contribution in [0.4, 0.5) is 8.78 Å². The normalized spacial score (nSPS) is 12.8. The molecule has 1 unspecified atom stereocenters. The minimum Gasteiger partial charge on any atom is -0.310 e. The van der Waals surface area contributed by atoms with Crippen molar-refractivity contribution in [3.8, 4) is 0 Å². The lowest BCUT2D eigenvalue weighted by Crippen LogP contribution is -2.22. The molecule has 84 valence electrons. The molecule has 1 aromatic rings. The second-order valence-electron chi connectivity index (χ2n) is 3.58. The predicted octanol–water partition coefficient (Wildman–Crippen LogP) is 3.42. The van der Waals surface area contributed by atoms with Gasteiger partial charge in [0, 0.05) is 17.7 Å². The summed E-state index contributed by atoms with van der Waals surface area (Å²) in [7, 11) is 0. The zero-order valence-corrected chi connectivity index (χ0v) is 9.19. The van der Waals surface area contributed by atoms with Gasteiger partial charge in [-0.05, 0) is 25.5 Å². The average molecular weight is 213 g/mol. The first-order valence-electron chi connectivity index (χ1n) is 5.37. The molecule has 0 spiro atoms. The molecular formula is C12H17F2N. The number of rotatable bonds is 5. The van der Waals surface area contributed by atoms with Crippen LogP contribution in [0.3, 0.4) is 0 Å². The van der Waals surface area contributed by atoms with Crippen LogP contribution >= 0.6 is 0 Å². The third-order valence-electron chi connectivity index (χ3n) is 2.39. The lowest BCUT2D eigenvalue weighted by atomic mass is 10.0. The Morgan fingerprint density at radius 3 is 2.53 bits per heavy atom. The third-order valence-corrected chi connectivity index (χ3v) is 2.39. The zero-order valence-electron chi connectivity index (χ0n) is 9.19. The van der Waals surface area contributed by atoms with Crippen LogP contribution < -0.4 is 5.32 Å². The van der Waals surface area contributed by atoms with E-state index in [9.17, 15) is 8.78 Å². The fourth-order valence-corrected chi connectivity index (χ4v) is 1.58. The van der Waals surface area contributed by atoms with Gasteiger partial charge in [-0.2, -0.15) is 0 Å². The molecule has 1 aromatic carbocycles. The Kier molecular flexibility index (Phi) is 4.69. The Bertz CT molecular complexity index is 312. The van der Waals surface area contributed by atoms with Crippen LogP contribution in [0, 0.1) is 11.6 Å². The summed E-state index contributed by atoms with van der Waals surface area (Å²) in [5, 5.41) is 3.23. The van der Waals surface area contributed by atoms with E-state index in [0.29, 0.717) is 5.56 Å². The molecule has 0 saturated heterocycles. The molecule has 0 heterocycles. The quantitative estimate of drug-likeness (QED) is 0.790. The SMILES string of the molecule is CCCNC(CC)c1ccc(F)cc1F. The van der Waals surface area contributed by atoms with Crippen molar-refractivity contribution in [2.45, 2.75) is 32.7 Å². The highest BCUT2D eigenvalue weighted by Crippen LogP contribution is 2.20. The second kappa shape index (κ2) is 5.81. The molecule has 0 aliphatic rings. The van der Waals surface area contributed by atoms with Crippen LogP contribution in [0.25, 0.3) is 0 Å². The molecule has 0 saturated carbocycles. The van der Waals surface area contributed by atoms with Gasteiger partial charge in [0.05, 0.1) is 0 Å². The fourth-order valence-electron chi connectivity index (χ4n) is 1.58. The van der Waals surface area contributed by atoms with Crippen molar-refractivity contribution in [1.29, 1.82) is 0 Å². The van der Waals surface area contributed by atoms with Crippen LogP contribution in [0.15, 0.2) is 18.2 Å². The minimum atomic E-state index is -0.526. The van der Waals surface area contributed by atoms with Crippen molar-refractivity contribution in [2.24, 2.45) is 0 Å². The Morgan fingerprint density at radius 1 is 1.27 bits per heavy atom. The first-order chi connectivity index (χ1) is 7.19. The maximum absolute atomic E-state index is 13.4. The summed E-state index contributed by atoms with van der Waals surface area (Å²) in [5.74, 6) is -0.993. The Labute approximate surface area is 89.5 Å². The maximum Gasteiger partial charge on any atom is 0.130 e. The minimum absolute atomic E-state index is 0.0226. The van der Waals surface area contributed by atoms with Crippen LogP contribution in [-0.4, -0.2) is 6.54 Å². The molecule has 0 aromatic heterocycles. The molecule has 0 fully saturated rings. The van der Waals surface area contributed by atoms with Crippen molar-refractivity contribution >= 4 is 0 Å². The molecule has 0 aliphatic heterocycles. The number of hydrogen-bond donors (Lipinski definition) is 1. The second-order valence-corrected chi connectivity index (χ2v) is 3.58. The average Bonchev–Trinajstić information content (AvgIpc) is 2.21. The van der Waals surface area contributed by atoms with Crippen molar-refractivity contribution in [2.75, 3.05) is 6.54 Å². The van der Waals surface area contributed by atoms with Gasteiger partial charge in [-0.25, -0.2) is 8.78 Å². The monoisotopic (exact) mass is 213 g/mol. The summed E-state index contributed by atoms with van der Waals surface area (Å²) < 4.78 is 26.1. The van der Waals surface area contributed by atoms with Crippen molar-refractivity contribution in [3.63, 3.8) is 0 Å². The van der Waals surface area contributed by atoms with Crippen LogP contribution in [0.1, 0.15) is 38.3 Å². The van der Waals surface area contributed by atoms with Gasteiger partial charge in [0.2, 0.25) is 0 Å². The third kappa shape index (κ3) is 3.27. The molecule has 1 atom stereocenters. The van der Waals surface area contributed by atoms with Gasteiger partial charge in [0.15, 0.2) is 0 Å². The van der Waals surface area contributed by atoms with Crippen LogP contribution in [0.5, 0.6) is 0 Å². The highest BCUT2D eigenvalue weighted by Gasteiger charge is 2.13. The van der Waals surface area contributed by atoms with Gasteiger partial charge < -0.3 is 5.32 Å². The van der Waals surface area contributed by atoms with Crippen molar-refractivity contribution < 1.29 is 8.78 Å². The maximum atomic E-state index is 13.4. The summed E-state index contributed by atoms with van der Waals surface area (Å²) in [5.41, 5.74) is 0.548. The molecule has 0 radical (unpaired) electrons. The number of halogens is 2. The van der Waals surface area contributed by atoms with Crippen molar-refractivity contribution in [1.82, 2.24) is 5.32 Å². The van der Waals surface area contributed by atoms with E-state index in [1.54, 1.807) is 0 Å². The lowest BCUT2D eigenvalue weighted by molar-refractivity contribution is 0.483. The fraction of sp³-hybridized carbons (Fsp3) is 0.500. The highest BCUT2D eigenvalue weighted by molar-refractivity contribution is 5.22. The topological polar surface area (TPSA) is 12.0 Å². The van der Waals surface area contributed by atoms with Gasteiger partial charge in [-0.3, -0.25) is 0 Å². The van der Waals surface area contributed by atoms with Crippen LogP contribution in [0.2, 0.25) is 0 Å². The number of hydrogen-bond acceptors (Lipinski definition) is 1. The highest BCUT2D eigenvalue weighted by atomic mass is 19.1. The smallest absolute Gasteiger partial charge is 0.130 e. The molecular weight excluding hydrogens is 196 g/mol. The van der Waals surface area contributed by atoms with E-state index in [1.165, 1.54) is 12.1 Å². The first kappa shape index (κ1) is 12.1. The molecule has 1 N–H and O–H groups in total. The molecule has 15 heavy (non-hydrogen) atoms. The van der Waals surface area contributed by atoms with E-state index in [-0.39, 0.29) is 6.04 Å². The van der Waals surface area contributed by atoms with Gasteiger partial charge >= 0.3 is 0 Å². The zero-order chi connectivity index (χ0) is 11.3. The van der Waals surface area contributed by atoms with Gasteiger partial charge in [-0.1, -0.05) is 19.9 Å². The predicted molar refractivity (Wildman–Crippen MR) is 57.7 cm³/mol. The summed E-state index contributed by atoms with van der Waals surface area (Å²) in [6.07, 6.45) is 1.79. The van der Waals surface area contributed by atoms with E-state index < -0.39 is 11.6 Å². The van der Waals surface area contributed by atoms with E-state index in [0.717, 1.165) is 25.5 Å². The van der Waals surface area contributed by atoms with E-state index in [2.05, 4.69) is 12.2 Å². The Morgan fingerprint density at radius 2 is 2.00 bits per heavy atom. The summed E-state index contributed by atoms with van der Waals surface area (Å²) in [6, 6.07) is 3.73. The van der Waals surface area contributed by atoms with E-state index in [1.807, 2.05) is 6.92 Å². The lowest BCUT2D eigenvalue weighted by Gasteiger charge is -2.17. The van der Waals surface area contributed by atoms with E-state index >= 15 is 0 Å².